The average Bonchev–Trinajstić information content (AvgIpc) is 2.97. The van der Waals surface area contributed by atoms with E-state index in [9.17, 15) is 25.2 Å². The highest BCUT2D eigenvalue weighted by Gasteiger charge is 2.76. The normalized spacial score (nSPS) is 51.9. The van der Waals surface area contributed by atoms with E-state index in [1.165, 1.54) is 0 Å². The Hall–Kier alpha value is -0.950. The molecule has 182 valence electrons. The van der Waals surface area contributed by atoms with Crippen LogP contribution in [0.1, 0.15) is 86.0 Å². The number of ether oxygens (including phenoxy) is 1. The standard InChI is InChI=1S/C26H42O6/c1-6-15(2)22(29)32-21-14-20-19(8-7-17-13-18(28)9-10-23(17,20)4)26(31)12-11-25(30,16(3)27)24(21,26)5/h6,16-21,27-28,30-31H,7-14H2,1-5H3/b15-6+/t16-,17-,18-,19+,20-,21+,23-,24+,25+,26-/m0/s1. The van der Waals surface area contributed by atoms with E-state index in [-0.39, 0.29) is 29.8 Å². The summed E-state index contributed by atoms with van der Waals surface area (Å²) in [5.41, 5.74) is -3.50. The predicted octanol–water partition coefficient (Wildman–Crippen LogP) is 3.10. The maximum absolute atomic E-state index is 12.9. The molecule has 0 heterocycles. The Labute approximate surface area is 192 Å². The fourth-order valence-corrected chi connectivity index (χ4v) is 8.40. The summed E-state index contributed by atoms with van der Waals surface area (Å²) in [5, 5.41) is 45.1. The molecule has 4 rings (SSSR count). The molecule has 0 aliphatic heterocycles. The minimum Gasteiger partial charge on any atom is -0.458 e. The number of esters is 1. The monoisotopic (exact) mass is 450 g/mol. The van der Waals surface area contributed by atoms with Crippen LogP contribution in [0.25, 0.3) is 0 Å². The number of carbonyl (C=O) groups excluding carboxylic acids is 1. The Kier molecular flexibility index (Phi) is 5.89. The van der Waals surface area contributed by atoms with Gasteiger partial charge in [0.15, 0.2) is 0 Å². The van der Waals surface area contributed by atoms with E-state index in [4.69, 9.17) is 4.74 Å². The first-order chi connectivity index (χ1) is 14.8. The van der Waals surface area contributed by atoms with Gasteiger partial charge in [0.25, 0.3) is 0 Å². The van der Waals surface area contributed by atoms with Gasteiger partial charge in [-0.2, -0.15) is 0 Å². The number of aliphatic hydroxyl groups is 4. The van der Waals surface area contributed by atoms with Gasteiger partial charge in [0.05, 0.1) is 23.2 Å². The topological polar surface area (TPSA) is 107 Å². The van der Waals surface area contributed by atoms with Crippen LogP contribution in [0.5, 0.6) is 0 Å². The van der Waals surface area contributed by atoms with Crippen molar-refractivity contribution in [2.75, 3.05) is 0 Å². The van der Waals surface area contributed by atoms with Crippen LogP contribution in [-0.4, -0.2) is 55.9 Å². The van der Waals surface area contributed by atoms with Gasteiger partial charge in [-0.3, -0.25) is 0 Å². The number of carbonyl (C=O) groups is 1. The lowest BCUT2D eigenvalue weighted by atomic mass is 9.42. The van der Waals surface area contributed by atoms with Crippen LogP contribution < -0.4 is 0 Å². The molecule has 6 heteroatoms. The fraction of sp³-hybridized carbons (Fsp3) is 0.885. The molecule has 0 unspecified atom stereocenters. The van der Waals surface area contributed by atoms with E-state index in [2.05, 4.69) is 6.92 Å². The summed E-state index contributed by atoms with van der Waals surface area (Å²) in [5.74, 6) is 0.0449. The molecule has 0 aromatic heterocycles. The Morgan fingerprint density at radius 1 is 1.06 bits per heavy atom. The van der Waals surface area contributed by atoms with Crippen molar-refractivity contribution >= 4 is 5.97 Å². The van der Waals surface area contributed by atoms with Crippen molar-refractivity contribution in [3.63, 3.8) is 0 Å². The smallest absolute Gasteiger partial charge is 0.333 e. The molecule has 0 amide bonds. The van der Waals surface area contributed by atoms with E-state index in [1.54, 1.807) is 26.8 Å². The van der Waals surface area contributed by atoms with Gasteiger partial charge in [-0.1, -0.05) is 19.9 Å². The molecule has 0 aromatic rings. The zero-order chi connectivity index (χ0) is 23.7. The molecule has 32 heavy (non-hydrogen) atoms. The van der Waals surface area contributed by atoms with E-state index < -0.39 is 34.8 Å². The quantitative estimate of drug-likeness (QED) is 0.389. The van der Waals surface area contributed by atoms with E-state index >= 15 is 0 Å². The van der Waals surface area contributed by atoms with Gasteiger partial charge in [0.1, 0.15) is 11.7 Å². The van der Waals surface area contributed by atoms with Crippen LogP contribution in [0.2, 0.25) is 0 Å². The molecular formula is C26H42O6. The van der Waals surface area contributed by atoms with Crippen molar-refractivity contribution < 1.29 is 30.0 Å². The van der Waals surface area contributed by atoms with Gasteiger partial charge in [0.2, 0.25) is 0 Å². The van der Waals surface area contributed by atoms with Gasteiger partial charge in [-0.15, -0.1) is 0 Å². The van der Waals surface area contributed by atoms with Gasteiger partial charge in [0, 0.05) is 5.57 Å². The molecular weight excluding hydrogens is 408 g/mol. The number of hydrogen-bond acceptors (Lipinski definition) is 6. The zero-order valence-corrected chi connectivity index (χ0v) is 20.3. The van der Waals surface area contributed by atoms with Crippen LogP contribution in [0.15, 0.2) is 11.6 Å². The molecule has 4 aliphatic carbocycles. The van der Waals surface area contributed by atoms with Crippen LogP contribution in [0.4, 0.5) is 0 Å². The van der Waals surface area contributed by atoms with E-state index in [1.807, 2.05) is 6.92 Å². The molecule has 4 N–H and O–H groups in total. The minimum absolute atomic E-state index is 0.0328. The Bertz CT molecular complexity index is 793. The molecule has 4 saturated carbocycles. The highest BCUT2D eigenvalue weighted by Crippen LogP contribution is 2.70. The zero-order valence-electron chi connectivity index (χ0n) is 20.3. The molecule has 0 radical (unpaired) electrons. The summed E-state index contributed by atoms with van der Waals surface area (Å²) < 4.78 is 6.08. The lowest BCUT2D eigenvalue weighted by Gasteiger charge is -2.66. The Morgan fingerprint density at radius 3 is 2.38 bits per heavy atom. The van der Waals surface area contributed by atoms with Crippen molar-refractivity contribution in [2.45, 2.75) is 115 Å². The van der Waals surface area contributed by atoms with E-state index in [0.717, 1.165) is 32.1 Å². The molecule has 10 atom stereocenters. The molecule has 0 saturated heterocycles. The van der Waals surface area contributed by atoms with Crippen LogP contribution >= 0.6 is 0 Å². The Morgan fingerprint density at radius 2 is 1.75 bits per heavy atom. The molecule has 4 fully saturated rings. The molecule has 6 nitrogen and oxygen atoms in total. The highest BCUT2D eigenvalue weighted by atomic mass is 16.5. The predicted molar refractivity (Wildman–Crippen MR) is 121 cm³/mol. The summed E-state index contributed by atoms with van der Waals surface area (Å²) in [7, 11) is 0. The third-order valence-corrected chi connectivity index (χ3v) is 10.8. The number of rotatable bonds is 3. The van der Waals surface area contributed by atoms with Gasteiger partial charge in [-0.05, 0) is 95.3 Å². The Balaban J connectivity index is 1.80. The van der Waals surface area contributed by atoms with Gasteiger partial charge in [-0.25, -0.2) is 4.79 Å². The number of allylic oxidation sites excluding steroid dienone is 1. The maximum atomic E-state index is 12.9. The second-order valence-corrected chi connectivity index (χ2v) is 11.7. The second kappa shape index (κ2) is 7.79. The molecule has 0 aromatic carbocycles. The minimum atomic E-state index is -1.54. The summed E-state index contributed by atoms with van der Waals surface area (Å²) in [4.78, 5) is 12.9. The van der Waals surface area contributed by atoms with E-state index in [0.29, 0.717) is 24.3 Å². The average molecular weight is 451 g/mol. The highest BCUT2D eigenvalue weighted by molar-refractivity contribution is 5.87. The first-order valence-corrected chi connectivity index (χ1v) is 12.5. The van der Waals surface area contributed by atoms with Crippen molar-refractivity contribution in [3.8, 4) is 0 Å². The second-order valence-electron chi connectivity index (χ2n) is 11.7. The fourth-order valence-electron chi connectivity index (χ4n) is 8.40. The third kappa shape index (κ3) is 3.02. The lowest BCUT2D eigenvalue weighted by Crippen LogP contribution is -2.72. The molecule has 0 bridgehead atoms. The molecule has 0 spiro atoms. The summed E-state index contributed by atoms with van der Waals surface area (Å²) in [6, 6.07) is 0. The summed E-state index contributed by atoms with van der Waals surface area (Å²) in [6.07, 6.45) is 5.10. The maximum Gasteiger partial charge on any atom is 0.333 e. The van der Waals surface area contributed by atoms with Crippen LogP contribution in [0, 0.1) is 28.6 Å². The SMILES string of the molecule is C/C=C(\C)C(=O)O[C@@H]1C[C@H]2[C@@H](CC[C@H]3C[C@@H](O)CC[C@@]32C)[C@@]2(O)CC[C@@](O)([C@H](C)O)[C@@]12C. The first-order valence-electron chi connectivity index (χ1n) is 12.5. The van der Waals surface area contributed by atoms with Crippen molar-refractivity contribution in [2.24, 2.45) is 28.6 Å². The van der Waals surface area contributed by atoms with Crippen molar-refractivity contribution in [1.29, 1.82) is 0 Å². The summed E-state index contributed by atoms with van der Waals surface area (Å²) in [6.45, 7) is 9.18. The number of fused-ring (bicyclic) bond motifs is 5. The first kappa shape index (κ1) is 24.2. The van der Waals surface area contributed by atoms with Gasteiger partial charge >= 0.3 is 5.97 Å². The number of hydrogen-bond donors (Lipinski definition) is 4. The van der Waals surface area contributed by atoms with Crippen LogP contribution in [0.3, 0.4) is 0 Å². The van der Waals surface area contributed by atoms with Crippen molar-refractivity contribution in [3.05, 3.63) is 11.6 Å². The largest absolute Gasteiger partial charge is 0.458 e. The summed E-state index contributed by atoms with van der Waals surface area (Å²) >= 11 is 0. The lowest BCUT2D eigenvalue weighted by molar-refractivity contribution is -0.288. The van der Waals surface area contributed by atoms with Gasteiger partial charge < -0.3 is 25.2 Å². The van der Waals surface area contributed by atoms with Crippen LogP contribution in [-0.2, 0) is 9.53 Å². The molecule has 4 aliphatic rings. The third-order valence-electron chi connectivity index (χ3n) is 10.8. The number of aliphatic hydroxyl groups excluding tert-OH is 2. The van der Waals surface area contributed by atoms with Crippen molar-refractivity contribution in [1.82, 2.24) is 0 Å².